The highest BCUT2D eigenvalue weighted by Crippen LogP contribution is 2.14. The van der Waals surface area contributed by atoms with Crippen LogP contribution in [-0.2, 0) is 16.1 Å². The summed E-state index contributed by atoms with van der Waals surface area (Å²) in [6.45, 7) is 2.75. The van der Waals surface area contributed by atoms with Crippen LogP contribution >= 0.6 is 0 Å². The van der Waals surface area contributed by atoms with Gasteiger partial charge in [0.15, 0.2) is 0 Å². The first kappa shape index (κ1) is 15.0. The fourth-order valence-corrected chi connectivity index (χ4v) is 2.53. The van der Waals surface area contributed by atoms with Gasteiger partial charge in [-0.2, -0.15) is 0 Å². The predicted octanol–water partition coefficient (Wildman–Crippen LogP) is 1.80. The second kappa shape index (κ2) is 8.02. The Morgan fingerprint density at radius 3 is 2.90 bits per heavy atom. The molecule has 0 spiro atoms. The highest BCUT2D eigenvalue weighted by molar-refractivity contribution is 5.81. The largest absolute Gasteiger partial charge is 0.375 e. The normalized spacial score (nSPS) is 19.8. The summed E-state index contributed by atoms with van der Waals surface area (Å²) >= 11 is 0. The molecular weight excluding hydrogens is 252 g/mol. The summed E-state index contributed by atoms with van der Waals surface area (Å²) in [6.07, 6.45) is 3.31. The molecule has 1 N–H and O–H groups in total. The van der Waals surface area contributed by atoms with E-state index in [9.17, 15) is 4.79 Å². The molecule has 1 aromatic carbocycles. The first-order valence-corrected chi connectivity index (χ1v) is 7.37. The number of benzene rings is 1. The van der Waals surface area contributed by atoms with Crippen molar-refractivity contribution >= 4 is 5.91 Å². The van der Waals surface area contributed by atoms with Crippen LogP contribution in [0.5, 0.6) is 0 Å². The number of likely N-dealkylation sites (tertiary alicyclic amines) is 1. The average Bonchev–Trinajstić information content (AvgIpc) is 2.48. The summed E-state index contributed by atoms with van der Waals surface area (Å²) in [5.41, 5.74) is 1.16. The van der Waals surface area contributed by atoms with Gasteiger partial charge in [0.25, 0.3) is 0 Å². The van der Waals surface area contributed by atoms with Gasteiger partial charge in [-0.25, -0.2) is 0 Å². The maximum Gasteiger partial charge on any atom is 0.237 e. The lowest BCUT2D eigenvalue weighted by atomic mass is 10.0. The van der Waals surface area contributed by atoms with Gasteiger partial charge in [0, 0.05) is 6.54 Å². The fraction of sp³-hybridized carbons (Fsp3) is 0.562. The molecule has 1 atom stereocenters. The van der Waals surface area contributed by atoms with E-state index in [0.717, 1.165) is 24.9 Å². The summed E-state index contributed by atoms with van der Waals surface area (Å²) in [5.74, 6) is 0.135. The summed E-state index contributed by atoms with van der Waals surface area (Å²) < 4.78 is 5.56. The van der Waals surface area contributed by atoms with Gasteiger partial charge in [-0.05, 0) is 32.0 Å². The Labute approximate surface area is 121 Å². The molecule has 0 radical (unpaired) electrons. The molecule has 0 aromatic heterocycles. The van der Waals surface area contributed by atoms with Crippen molar-refractivity contribution in [1.29, 1.82) is 0 Å². The SMILES string of the molecule is CN1CCCC[C@@H]1C(=O)NCCOCc1ccccc1. The van der Waals surface area contributed by atoms with Crippen molar-refractivity contribution < 1.29 is 9.53 Å². The van der Waals surface area contributed by atoms with Gasteiger partial charge in [0.05, 0.1) is 19.3 Å². The number of ether oxygens (including phenoxy) is 1. The predicted molar refractivity (Wildman–Crippen MR) is 79.4 cm³/mol. The molecule has 1 amide bonds. The van der Waals surface area contributed by atoms with Crippen LogP contribution in [0.15, 0.2) is 30.3 Å². The molecule has 1 fully saturated rings. The quantitative estimate of drug-likeness (QED) is 0.806. The van der Waals surface area contributed by atoms with E-state index in [-0.39, 0.29) is 11.9 Å². The van der Waals surface area contributed by atoms with Crippen LogP contribution in [0, 0.1) is 0 Å². The molecule has 1 aliphatic rings. The number of amides is 1. The van der Waals surface area contributed by atoms with Crippen molar-refractivity contribution in [2.45, 2.75) is 31.9 Å². The number of hydrogen-bond donors (Lipinski definition) is 1. The molecule has 0 aliphatic carbocycles. The van der Waals surface area contributed by atoms with Crippen molar-refractivity contribution in [2.75, 3.05) is 26.7 Å². The van der Waals surface area contributed by atoms with E-state index >= 15 is 0 Å². The van der Waals surface area contributed by atoms with Crippen LogP contribution in [0.3, 0.4) is 0 Å². The Morgan fingerprint density at radius 2 is 2.15 bits per heavy atom. The third-order valence-electron chi connectivity index (χ3n) is 3.73. The monoisotopic (exact) mass is 276 g/mol. The molecule has 110 valence electrons. The average molecular weight is 276 g/mol. The maximum atomic E-state index is 12.0. The summed E-state index contributed by atoms with van der Waals surface area (Å²) in [7, 11) is 2.02. The van der Waals surface area contributed by atoms with Gasteiger partial charge in [0.1, 0.15) is 0 Å². The lowest BCUT2D eigenvalue weighted by molar-refractivity contribution is -0.127. The highest BCUT2D eigenvalue weighted by atomic mass is 16.5. The summed E-state index contributed by atoms with van der Waals surface area (Å²) in [6, 6.07) is 10.1. The van der Waals surface area contributed by atoms with Crippen molar-refractivity contribution in [2.24, 2.45) is 0 Å². The van der Waals surface area contributed by atoms with Gasteiger partial charge in [-0.3, -0.25) is 9.69 Å². The molecule has 0 unspecified atom stereocenters. The standard InChI is InChI=1S/C16H24N2O2/c1-18-11-6-5-9-15(18)16(19)17-10-12-20-13-14-7-3-2-4-8-14/h2-4,7-8,15H,5-6,9-13H2,1H3,(H,17,19)/t15-/m1/s1. The smallest absolute Gasteiger partial charge is 0.237 e. The van der Waals surface area contributed by atoms with E-state index in [1.54, 1.807) is 0 Å². The van der Waals surface area contributed by atoms with Crippen molar-refractivity contribution in [1.82, 2.24) is 10.2 Å². The molecule has 0 bridgehead atoms. The van der Waals surface area contributed by atoms with E-state index in [1.165, 1.54) is 6.42 Å². The van der Waals surface area contributed by atoms with Crippen LogP contribution in [0.1, 0.15) is 24.8 Å². The Hall–Kier alpha value is -1.39. The zero-order valence-electron chi connectivity index (χ0n) is 12.2. The number of rotatable bonds is 6. The molecule has 1 heterocycles. The molecular formula is C16H24N2O2. The first-order valence-electron chi connectivity index (χ1n) is 7.37. The number of carbonyl (C=O) groups excluding carboxylic acids is 1. The molecule has 1 aromatic rings. The van der Waals surface area contributed by atoms with E-state index in [4.69, 9.17) is 4.74 Å². The molecule has 4 nitrogen and oxygen atoms in total. The number of carbonyl (C=O) groups is 1. The van der Waals surface area contributed by atoms with Gasteiger partial charge >= 0.3 is 0 Å². The topological polar surface area (TPSA) is 41.6 Å². The van der Waals surface area contributed by atoms with Gasteiger partial charge in [0.2, 0.25) is 5.91 Å². The Balaban J connectivity index is 1.59. The highest BCUT2D eigenvalue weighted by Gasteiger charge is 2.25. The number of piperidine rings is 1. The van der Waals surface area contributed by atoms with E-state index in [0.29, 0.717) is 19.8 Å². The van der Waals surface area contributed by atoms with Gasteiger partial charge < -0.3 is 10.1 Å². The number of nitrogens with one attached hydrogen (secondary N) is 1. The lowest BCUT2D eigenvalue weighted by Crippen LogP contribution is -2.48. The van der Waals surface area contributed by atoms with E-state index in [1.807, 2.05) is 37.4 Å². The second-order valence-corrected chi connectivity index (χ2v) is 5.32. The zero-order chi connectivity index (χ0) is 14.2. The third-order valence-corrected chi connectivity index (χ3v) is 3.73. The second-order valence-electron chi connectivity index (χ2n) is 5.32. The zero-order valence-corrected chi connectivity index (χ0v) is 12.2. The molecule has 20 heavy (non-hydrogen) atoms. The molecule has 1 aliphatic heterocycles. The third kappa shape index (κ3) is 4.62. The van der Waals surface area contributed by atoms with Crippen LogP contribution in [0.2, 0.25) is 0 Å². The van der Waals surface area contributed by atoms with Gasteiger partial charge in [-0.15, -0.1) is 0 Å². The van der Waals surface area contributed by atoms with E-state index < -0.39 is 0 Å². The lowest BCUT2D eigenvalue weighted by Gasteiger charge is -2.31. The summed E-state index contributed by atoms with van der Waals surface area (Å²) in [5, 5.41) is 2.96. The first-order chi connectivity index (χ1) is 9.77. The van der Waals surface area contributed by atoms with Crippen LogP contribution < -0.4 is 5.32 Å². The Morgan fingerprint density at radius 1 is 1.35 bits per heavy atom. The number of likely N-dealkylation sites (N-methyl/N-ethyl adjacent to an activating group) is 1. The summed E-state index contributed by atoms with van der Waals surface area (Å²) in [4.78, 5) is 14.2. The molecule has 1 saturated heterocycles. The minimum absolute atomic E-state index is 0.0397. The number of nitrogens with zero attached hydrogens (tertiary/aromatic N) is 1. The van der Waals surface area contributed by atoms with E-state index in [2.05, 4.69) is 10.2 Å². The van der Waals surface area contributed by atoms with Crippen molar-refractivity contribution in [3.05, 3.63) is 35.9 Å². The van der Waals surface area contributed by atoms with Crippen LogP contribution in [0.25, 0.3) is 0 Å². The number of hydrogen-bond acceptors (Lipinski definition) is 3. The molecule has 0 saturated carbocycles. The van der Waals surface area contributed by atoms with Crippen LogP contribution in [-0.4, -0.2) is 43.6 Å². The fourth-order valence-electron chi connectivity index (χ4n) is 2.53. The van der Waals surface area contributed by atoms with Crippen molar-refractivity contribution in [3.63, 3.8) is 0 Å². The minimum Gasteiger partial charge on any atom is -0.375 e. The molecule has 4 heteroatoms. The van der Waals surface area contributed by atoms with Crippen molar-refractivity contribution in [3.8, 4) is 0 Å². The Kier molecular flexibility index (Phi) is 6.02. The van der Waals surface area contributed by atoms with Gasteiger partial charge in [-0.1, -0.05) is 36.8 Å². The Bertz CT molecular complexity index is 408. The molecule has 2 rings (SSSR count). The maximum absolute atomic E-state index is 12.0. The minimum atomic E-state index is 0.0397. The van der Waals surface area contributed by atoms with Crippen LogP contribution in [0.4, 0.5) is 0 Å².